The smallest absolute Gasteiger partial charge is 0.202 e. The third-order valence-corrected chi connectivity index (χ3v) is 5.33. The second-order valence-electron chi connectivity index (χ2n) is 8.11. The molecule has 0 bridgehead atoms. The fourth-order valence-electron chi connectivity index (χ4n) is 3.21. The maximum absolute atomic E-state index is 13.0. The fourth-order valence-corrected chi connectivity index (χ4v) is 3.40. The van der Waals surface area contributed by atoms with E-state index in [4.69, 9.17) is 20.8 Å². The van der Waals surface area contributed by atoms with Crippen molar-refractivity contribution in [2.24, 2.45) is 10.9 Å². The highest BCUT2D eigenvalue weighted by Crippen LogP contribution is 2.39. The summed E-state index contributed by atoms with van der Waals surface area (Å²) >= 11 is 6.27. The lowest BCUT2D eigenvalue weighted by atomic mass is 10.0. The number of hydrogen-bond acceptors (Lipinski definition) is 4. The summed E-state index contributed by atoms with van der Waals surface area (Å²) in [5.41, 5.74) is 3.65. The second kappa shape index (κ2) is 12.0. The van der Waals surface area contributed by atoms with Gasteiger partial charge in [0.1, 0.15) is 10.9 Å². The summed E-state index contributed by atoms with van der Waals surface area (Å²) in [5.74, 6) is 1.29. The second-order valence-corrected chi connectivity index (χ2v) is 8.55. The number of Topliss-reactive ketones (excluding diaryl/α,β-unsaturated/α-hetero) is 1. The van der Waals surface area contributed by atoms with Crippen molar-refractivity contribution in [2.45, 2.75) is 59.3 Å². The molecule has 0 aromatic carbocycles. The molecule has 1 aliphatic carbocycles. The molecule has 0 spiro atoms. The number of nitrogens with zero attached hydrogens (tertiary/aromatic N) is 1. The van der Waals surface area contributed by atoms with Crippen molar-refractivity contribution < 1.29 is 13.9 Å². The summed E-state index contributed by atoms with van der Waals surface area (Å²) in [6.07, 6.45) is 8.62. The first-order chi connectivity index (χ1) is 14.8. The van der Waals surface area contributed by atoms with Gasteiger partial charge >= 0.3 is 0 Å². The maximum Gasteiger partial charge on any atom is 0.202 e. The number of carbonyl (C=O) groups is 1. The van der Waals surface area contributed by atoms with Crippen LogP contribution >= 0.6 is 11.6 Å². The molecule has 4 nitrogen and oxygen atoms in total. The van der Waals surface area contributed by atoms with Crippen molar-refractivity contribution in [2.75, 3.05) is 13.2 Å². The molecule has 0 N–H and O–H groups in total. The Kier molecular flexibility index (Phi) is 9.73. The molecule has 0 saturated heterocycles. The van der Waals surface area contributed by atoms with Gasteiger partial charge in [-0.3, -0.25) is 4.79 Å². The van der Waals surface area contributed by atoms with E-state index in [2.05, 4.69) is 37.7 Å². The lowest BCUT2D eigenvalue weighted by molar-refractivity contribution is 0.0965. The van der Waals surface area contributed by atoms with E-state index in [0.29, 0.717) is 71.9 Å². The van der Waals surface area contributed by atoms with Crippen molar-refractivity contribution >= 4 is 33.8 Å². The van der Waals surface area contributed by atoms with Crippen LogP contribution in [0.4, 0.5) is 5.69 Å². The SMILES string of the molecule is C=CCC(Cl)=Nc1c(C(=C)C(=C)CCOCCC)oc(C(=O)C/C(C)=C/C2CC2)c1C. The van der Waals surface area contributed by atoms with E-state index < -0.39 is 0 Å². The molecular weight excluding hydrogens is 410 g/mol. The zero-order valence-corrected chi connectivity index (χ0v) is 19.8. The van der Waals surface area contributed by atoms with Crippen LogP contribution in [-0.4, -0.2) is 24.2 Å². The summed E-state index contributed by atoms with van der Waals surface area (Å²) in [5, 5.41) is 0.369. The topological polar surface area (TPSA) is 51.8 Å². The van der Waals surface area contributed by atoms with E-state index in [0.717, 1.165) is 17.6 Å². The molecule has 1 saturated carbocycles. The molecule has 168 valence electrons. The van der Waals surface area contributed by atoms with Crippen LogP contribution in [0.5, 0.6) is 0 Å². The molecule has 5 heteroatoms. The lowest BCUT2D eigenvalue weighted by Crippen LogP contribution is -2.00. The van der Waals surface area contributed by atoms with Crippen LogP contribution < -0.4 is 0 Å². The van der Waals surface area contributed by atoms with Crippen LogP contribution in [0, 0.1) is 12.8 Å². The predicted octanol–water partition coefficient (Wildman–Crippen LogP) is 7.75. The monoisotopic (exact) mass is 443 g/mol. The van der Waals surface area contributed by atoms with Gasteiger partial charge in [-0.1, -0.05) is 49.4 Å². The van der Waals surface area contributed by atoms with Crippen molar-refractivity contribution in [1.82, 2.24) is 0 Å². The molecule has 31 heavy (non-hydrogen) atoms. The van der Waals surface area contributed by atoms with Crippen LogP contribution in [0.25, 0.3) is 5.57 Å². The van der Waals surface area contributed by atoms with Crippen LogP contribution in [0.15, 0.2) is 52.4 Å². The molecule has 1 aromatic rings. The number of ether oxygens (including phenoxy) is 1. The average Bonchev–Trinajstić information content (AvgIpc) is 3.47. The van der Waals surface area contributed by atoms with E-state index in [1.807, 2.05) is 13.8 Å². The summed E-state index contributed by atoms with van der Waals surface area (Å²) in [4.78, 5) is 17.5. The Morgan fingerprint density at radius 3 is 2.61 bits per heavy atom. The van der Waals surface area contributed by atoms with E-state index in [9.17, 15) is 4.79 Å². The largest absolute Gasteiger partial charge is 0.450 e. The van der Waals surface area contributed by atoms with Gasteiger partial charge in [-0.25, -0.2) is 4.99 Å². The first kappa shape index (κ1) is 25.1. The molecule has 2 rings (SSSR count). The van der Waals surface area contributed by atoms with Gasteiger partial charge in [0.25, 0.3) is 0 Å². The number of hydrogen-bond donors (Lipinski definition) is 0. The van der Waals surface area contributed by atoms with Crippen molar-refractivity contribution in [3.05, 3.63) is 60.1 Å². The molecule has 1 fully saturated rings. The van der Waals surface area contributed by atoms with Gasteiger partial charge in [0.15, 0.2) is 11.5 Å². The van der Waals surface area contributed by atoms with Gasteiger partial charge in [0, 0.05) is 30.6 Å². The Hall–Kier alpha value is -2.17. The molecule has 0 amide bonds. The first-order valence-electron chi connectivity index (χ1n) is 10.9. The summed E-state index contributed by atoms with van der Waals surface area (Å²) in [7, 11) is 0. The Morgan fingerprint density at radius 2 is 2.00 bits per heavy atom. The lowest BCUT2D eigenvalue weighted by Gasteiger charge is -2.09. The van der Waals surface area contributed by atoms with Gasteiger partial charge < -0.3 is 9.15 Å². The quantitative estimate of drug-likeness (QED) is 0.0970. The number of halogens is 1. The molecular formula is C26H34ClNO3. The maximum atomic E-state index is 13.0. The van der Waals surface area contributed by atoms with E-state index in [1.165, 1.54) is 12.8 Å². The minimum absolute atomic E-state index is 0.0702. The molecule has 1 aromatic heterocycles. The standard InChI is InChI=1S/C26H34ClNO3/c1-7-9-23(27)28-24-20(6)25(22(29)16-17(3)15-21-10-11-21)31-26(24)19(5)18(4)12-14-30-13-8-2/h7,15,21H,1,4-5,8-14,16H2,2-3,6H3/b17-15+,28-23?. The van der Waals surface area contributed by atoms with Crippen molar-refractivity contribution in [1.29, 1.82) is 0 Å². The van der Waals surface area contributed by atoms with Gasteiger partial charge in [0.2, 0.25) is 5.78 Å². The number of aliphatic imine (C=N–C) groups is 1. The van der Waals surface area contributed by atoms with E-state index in [1.54, 1.807) is 6.08 Å². The Labute approximate surface area is 191 Å². The third-order valence-electron chi connectivity index (χ3n) is 5.09. The highest BCUT2D eigenvalue weighted by molar-refractivity contribution is 6.65. The van der Waals surface area contributed by atoms with Crippen LogP contribution in [-0.2, 0) is 4.74 Å². The molecule has 0 aliphatic heterocycles. The van der Waals surface area contributed by atoms with Crippen LogP contribution in [0.3, 0.4) is 0 Å². The summed E-state index contributed by atoms with van der Waals surface area (Å²) in [6.45, 7) is 19.1. The Bertz CT molecular complexity index is 900. The molecule has 1 heterocycles. The number of carbonyl (C=O) groups excluding carboxylic acids is 1. The van der Waals surface area contributed by atoms with Crippen molar-refractivity contribution in [3.63, 3.8) is 0 Å². The zero-order valence-electron chi connectivity index (χ0n) is 19.1. The van der Waals surface area contributed by atoms with Gasteiger partial charge in [-0.05, 0) is 51.0 Å². The van der Waals surface area contributed by atoms with E-state index in [-0.39, 0.29) is 5.78 Å². The van der Waals surface area contributed by atoms with Crippen LogP contribution in [0.1, 0.15) is 74.3 Å². The number of ketones is 1. The predicted molar refractivity (Wildman–Crippen MR) is 131 cm³/mol. The molecule has 1 aliphatic rings. The van der Waals surface area contributed by atoms with Crippen LogP contribution in [0.2, 0.25) is 0 Å². The minimum Gasteiger partial charge on any atom is -0.450 e. The number of allylic oxidation sites excluding steroid dienone is 4. The zero-order chi connectivity index (χ0) is 23.0. The van der Waals surface area contributed by atoms with Gasteiger partial charge in [0.05, 0.1) is 6.61 Å². The Balaban J connectivity index is 2.31. The fraction of sp³-hybridized carbons (Fsp3) is 0.462. The highest BCUT2D eigenvalue weighted by Gasteiger charge is 2.25. The molecule has 0 atom stereocenters. The normalized spacial score (nSPS) is 14.6. The van der Waals surface area contributed by atoms with Crippen molar-refractivity contribution in [3.8, 4) is 0 Å². The molecule has 0 radical (unpaired) electrons. The third kappa shape index (κ3) is 7.48. The number of rotatable bonds is 14. The Morgan fingerprint density at radius 1 is 1.29 bits per heavy atom. The number of furan rings is 1. The highest BCUT2D eigenvalue weighted by atomic mass is 35.5. The molecule has 0 unspecified atom stereocenters. The first-order valence-corrected chi connectivity index (χ1v) is 11.3. The van der Waals surface area contributed by atoms with Gasteiger partial charge in [-0.15, -0.1) is 6.58 Å². The van der Waals surface area contributed by atoms with E-state index >= 15 is 0 Å². The average molecular weight is 444 g/mol. The minimum atomic E-state index is -0.0702. The summed E-state index contributed by atoms with van der Waals surface area (Å²) in [6, 6.07) is 0. The van der Waals surface area contributed by atoms with Gasteiger partial charge in [-0.2, -0.15) is 0 Å². The summed E-state index contributed by atoms with van der Waals surface area (Å²) < 4.78 is 11.6.